The van der Waals surface area contributed by atoms with Crippen LogP contribution in [0.15, 0.2) is 0 Å². The molecule has 3 N–H and O–H groups in total. The molecule has 116 valence electrons. The Bertz CT molecular complexity index is 540. The van der Waals surface area contributed by atoms with Gasteiger partial charge in [-0.25, -0.2) is 14.3 Å². The maximum atomic E-state index is 11.8. The number of hydrogen-bond acceptors (Lipinski definition) is 6. The van der Waals surface area contributed by atoms with E-state index in [1.54, 1.807) is 6.92 Å². The van der Waals surface area contributed by atoms with Crippen LogP contribution in [-0.2, 0) is 16.0 Å². The molecule has 1 aromatic heterocycles. The predicted molar refractivity (Wildman–Crippen MR) is 72.4 cm³/mol. The Kier molecular flexibility index (Phi) is 5.82. The summed E-state index contributed by atoms with van der Waals surface area (Å²) in [6.07, 6.45) is 1.22. The molecule has 0 aliphatic heterocycles. The average molecular weight is 297 g/mol. The number of rotatable bonds is 6. The number of ether oxygens (including phenoxy) is 1. The van der Waals surface area contributed by atoms with E-state index >= 15 is 0 Å². The van der Waals surface area contributed by atoms with Crippen LogP contribution in [-0.4, -0.2) is 39.5 Å². The lowest BCUT2D eigenvalue weighted by molar-refractivity contribution is -0.123. The number of carbonyl (C=O) groups is 3. The van der Waals surface area contributed by atoms with Crippen molar-refractivity contribution in [3.05, 3.63) is 11.4 Å². The number of amides is 3. The van der Waals surface area contributed by atoms with Gasteiger partial charge in [-0.2, -0.15) is 0 Å². The largest absolute Gasteiger partial charge is 0.461 e. The number of carbonyl (C=O) groups excluding carboxylic acids is 3. The van der Waals surface area contributed by atoms with Gasteiger partial charge in [-0.15, -0.1) is 5.10 Å². The third-order valence-corrected chi connectivity index (χ3v) is 2.74. The molecule has 0 saturated carbocycles. The van der Waals surface area contributed by atoms with Crippen LogP contribution in [0, 0.1) is 0 Å². The summed E-state index contributed by atoms with van der Waals surface area (Å²) >= 11 is 0. The summed E-state index contributed by atoms with van der Waals surface area (Å²) < 4.78 is 6.20. The number of nitrogens with two attached hydrogens (primary N) is 1. The van der Waals surface area contributed by atoms with Gasteiger partial charge in [0.1, 0.15) is 6.04 Å². The molecular weight excluding hydrogens is 278 g/mol. The summed E-state index contributed by atoms with van der Waals surface area (Å²) in [5.74, 6) is -1.21. The average Bonchev–Trinajstić information content (AvgIpc) is 2.81. The molecule has 1 aromatic rings. The quantitative estimate of drug-likeness (QED) is 0.720. The second kappa shape index (κ2) is 7.36. The number of imide groups is 1. The van der Waals surface area contributed by atoms with Crippen LogP contribution < -0.4 is 11.1 Å². The first-order valence-electron chi connectivity index (χ1n) is 6.63. The maximum absolute atomic E-state index is 11.8. The number of primary amides is 1. The van der Waals surface area contributed by atoms with Crippen LogP contribution in [0.3, 0.4) is 0 Å². The molecule has 9 heteroatoms. The van der Waals surface area contributed by atoms with Gasteiger partial charge < -0.3 is 10.5 Å². The van der Waals surface area contributed by atoms with E-state index in [-0.39, 0.29) is 12.3 Å². The van der Waals surface area contributed by atoms with Gasteiger partial charge >= 0.3 is 12.0 Å². The minimum Gasteiger partial charge on any atom is -0.461 e. The summed E-state index contributed by atoms with van der Waals surface area (Å²) in [5.41, 5.74) is 5.48. The molecule has 1 unspecified atom stereocenters. The molecule has 21 heavy (non-hydrogen) atoms. The molecule has 0 bridgehead atoms. The van der Waals surface area contributed by atoms with Crippen molar-refractivity contribution in [3.63, 3.8) is 0 Å². The van der Waals surface area contributed by atoms with Crippen LogP contribution in [0.1, 0.15) is 49.4 Å². The topological polar surface area (TPSA) is 129 Å². The lowest BCUT2D eigenvalue weighted by atomic mass is 10.2. The number of hydrogen-bond donors (Lipinski definition) is 2. The second-order valence-electron chi connectivity index (χ2n) is 4.33. The Labute approximate surface area is 121 Å². The van der Waals surface area contributed by atoms with E-state index in [1.807, 2.05) is 12.2 Å². The van der Waals surface area contributed by atoms with Crippen molar-refractivity contribution < 1.29 is 19.1 Å². The van der Waals surface area contributed by atoms with E-state index in [0.717, 1.165) is 6.42 Å². The predicted octanol–water partition coefficient (Wildman–Crippen LogP) is 0.163. The number of urea groups is 1. The molecule has 0 saturated heterocycles. The second-order valence-corrected chi connectivity index (χ2v) is 4.33. The Hall–Kier alpha value is -2.45. The SMILES string of the molecule is CCCc1c(C(=O)OCC)nnn1C(C)C(=O)NC(N)=O. The number of esters is 1. The first-order valence-corrected chi connectivity index (χ1v) is 6.63. The number of nitrogens with one attached hydrogen (secondary N) is 1. The molecule has 0 aromatic carbocycles. The zero-order valence-corrected chi connectivity index (χ0v) is 12.3. The summed E-state index contributed by atoms with van der Waals surface area (Å²) in [4.78, 5) is 34.3. The summed E-state index contributed by atoms with van der Waals surface area (Å²) in [6, 6.07) is -1.77. The number of aromatic nitrogens is 3. The van der Waals surface area contributed by atoms with Gasteiger partial charge in [0.2, 0.25) is 0 Å². The molecule has 0 fully saturated rings. The molecule has 3 amide bonds. The summed E-state index contributed by atoms with van der Waals surface area (Å²) in [6.45, 7) is 5.35. The van der Waals surface area contributed by atoms with Gasteiger partial charge in [-0.1, -0.05) is 18.6 Å². The van der Waals surface area contributed by atoms with Crippen LogP contribution in [0.5, 0.6) is 0 Å². The fourth-order valence-electron chi connectivity index (χ4n) is 1.79. The molecular formula is C12H19N5O4. The van der Waals surface area contributed by atoms with Crippen LogP contribution >= 0.6 is 0 Å². The monoisotopic (exact) mass is 297 g/mol. The normalized spacial score (nSPS) is 11.8. The van der Waals surface area contributed by atoms with Gasteiger partial charge in [0.15, 0.2) is 5.69 Å². The smallest absolute Gasteiger partial charge is 0.360 e. The third-order valence-electron chi connectivity index (χ3n) is 2.74. The van der Waals surface area contributed by atoms with Gasteiger partial charge in [0.05, 0.1) is 12.3 Å². The van der Waals surface area contributed by atoms with Crippen molar-refractivity contribution in [1.82, 2.24) is 20.3 Å². The fraction of sp³-hybridized carbons (Fsp3) is 0.583. The van der Waals surface area contributed by atoms with Gasteiger partial charge in [0, 0.05) is 0 Å². The lowest BCUT2D eigenvalue weighted by Gasteiger charge is -2.13. The van der Waals surface area contributed by atoms with Crippen LogP contribution in [0.2, 0.25) is 0 Å². The zero-order valence-electron chi connectivity index (χ0n) is 12.3. The zero-order chi connectivity index (χ0) is 16.0. The summed E-state index contributed by atoms with van der Waals surface area (Å²) in [7, 11) is 0. The van der Waals surface area contributed by atoms with Crippen molar-refractivity contribution in [1.29, 1.82) is 0 Å². The molecule has 0 aliphatic carbocycles. The first-order chi connectivity index (χ1) is 9.92. The molecule has 0 aliphatic rings. The highest BCUT2D eigenvalue weighted by atomic mass is 16.5. The molecule has 1 rings (SSSR count). The molecule has 1 heterocycles. The third kappa shape index (κ3) is 4.01. The summed E-state index contributed by atoms with van der Waals surface area (Å²) in [5, 5.41) is 9.57. The van der Waals surface area contributed by atoms with Crippen molar-refractivity contribution >= 4 is 17.9 Å². The molecule has 9 nitrogen and oxygen atoms in total. The Morgan fingerprint density at radius 2 is 2.05 bits per heavy atom. The van der Waals surface area contributed by atoms with Gasteiger partial charge in [-0.05, 0) is 20.3 Å². The molecule has 0 spiro atoms. The van der Waals surface area contributed by atoms with E-state index in [9.17, 15) is 14.4 Å². The standard InChI is InChI=1S/C12H19N5O4/c1-4-6-8-9(11(19)21-5-2)15-16-17(8)7(3)10(18)14-12(13)20/h7H,4-6H2,1-3H3,(H3,13,14,18,20). The van der Waals surface area contributed by atoms with Gasteiger partial charge in [0.25, 0.3) is 5.91 Å². The van der Waals surface area contributed by atoms with E-state index in [1.165, 1.54) is 11.6 Å². The van der Waals surface area contributed by atoms with E-state index < -0.39 is 23.9 Å². The van der Waals surface area contributed by atoms with Crippen LogP contribution in [0.4, 0.5) is 4.79 Å². The Morgan fingerprint density at radius 3 is 2.57 bits per heavy atom. The highest BCUT2D eigenvalue weighted by Gasteiger charge is 2.26. The Balaban J connectivity index is 3.09. The molecule has 0 radical (unpaired) electrons. The molecule has 1 atom stereocenters. The number of nitrogens with zero attached hydrogens (tertiary/aromatic N) is 3. The highest BCUT2D eigenvalue weighted by Crippen LogP contribution is 2.15. The van der Waals surface area contributed by atoms with Gasteiger partial charge in [-0.3, -0.25) is 10.1 Å². The minimum absolute atomic E-state index is 0.0809. The first kappa shape index (κ1) is 16.6. The fourth-order valence-corrected chi connectivity index (χ4v) is 1.79. The van der Waals surface area contributed by atoms with Crippen molar-refractivity contribution in [2.75, 3.05) is 6.61 Å². The van der Waals surface area contributed by atoms with Crippen molar-refractivity contribution in [3.8, 4) is 0 Å². The van der Waals surface area contributed by atoms with E-state index in [4.69, 9.17) is 10.5 Å². The lowest BCUT2D eigenvalue weighted by Crippen LogP contribution is -2.39. The maximum Gasteiger partial charge on any atom is 0.360 e. The van der Waals surface area contributed by atoms with E-state index in [2.05, 4.69) is 10.3 Å². The van der Waals surface area contributed by atoms with E-state index in [0.29, 0.717) is 12.1 Å². The Morgan fingerprint density at radius 1 is 1.38 bits per heavy atom. The van der Waals surface area contributed by atoms with Crippen molar-refractivity contribution in [2.45, 2.75) is 39.7 Å². The van der Waals surface area contributed by atoms with Crippen LogP contribution in [0.25, 0.3) is 0 Å². The minimum atomic E-state index is -0.949. The van der Waals surface area contributed by atoms with Crippen molar-refractivity contribution in [2.24, 2.45) is 5.73 Å². The highest BCUT2D eigenvalue weighted by molar-refractivity contribution is 5.95.